The third-order valence-corrected chi connectivity index (χ3v) is 2.83. The average molecular weight is 268 g/mol. The van der Waals surface area contributed by atoms with Gasteiger partial charge < -0.3 is 14.2 Å². The van der Waals surface area contributed by atoms with Crippen LogP contribution < -0.4 is 14.2 Å². The molecular formula is C17H16O3. The van der Waals surface area contributed by atoms with Gasteiger partial charge in [0.2, 0.25) is 0 Å². The molecule has 0 radical (unpaired) electrons. The predicted molar refractivity (Wildman–Crippen MR) is 78.5 cm³/mol. The molecule has 102 valence electrons. The van der Waals surface area contributed by atoms with E-state index in [-0.39, 0.29) is 0 Å². The maximum atomic E-state index is 5.27. The first-order valence-electron chi connectivity index (χ1n) is 6.15. The standard InChI is InChI=1S/C17H16O3/c1-18-15-7-5-4-6-14(15)10-8-13-9-11-16(19-2)17(12-13)20-3/h4-7,9,11-12H,1-3H3. The molecule has 0 aliphatic heterocycles. The Kier molecular flexibility index (Phi) is 4.52. The monoisotopic (exact) mass is 268 g/mol. The van der Waals surface area contributed by atoms with Crippen molar-refractivity contribution in [1.29, 1.82) is 0 Å². The fraction of sp³-hybridized carbons (Fsp3) is 0.176. The Bertz CT molecular complexity index is 651. The summed E-state index contributed by atoms with van der Waals surface area (Å²) in [5.74, 6) is 8.31. The summed E-state index contributed by atoms with van der Waals surface area (Å²) < 4.78 is 15.7. The summed E-state index contributed by atoms with van der Waals surface area (Å²) in [6.45, 7) is 0. The third kappa shape index (κ3) is 3.04. The van der Waals surface area contributed by atoms with E-state index in [1.807, 2.05) is 42.5 Å². The number of rotatable bonds is 3. The fourth-order valence-corrected chi connectivity index (χ4v) is 1.80. The minimum Gasteiger partial charge on any atom is -0.495 e. The minimum absolute atomic E-state index is 0.666. The molecule has 2 rings (SSSR count). The van der Waals surface area contributed by atoms with Crippen LogP contribution in [-0.2, 0) is 0 Å². The Morgan fingerprint density at radius 3 is 2.10 bits per heavy atom. The lowest BCUT2D eigenvalue weighted by Crippen LogP contribution is -1.91. The molecule has 0 heterocycles. The first kappa shape index (κ1) is 13.8. The minimum atomic E-state index is 0.666. The number of hydrogen-bond acceptors (Lipinski definition) is 3. The van der Waals surface area contributed by atoms with E-state index in [0.717, 1.165) is 16.9 Å². The van der Waals surface area contributed by atoms with Crippen molar-refractivity contribution in [2.45, 2.75) is 0 Å². The molecule has 0 saturated carbocycles. The fourth-order valence-electron chi connectivity index (χ4n) is 1.80. The number of ether oxygens (including phenoxy) is 3. The highest BCUT2D eigenvalue weighted by molar-refractivity contribution is 5.53. The van der Waals surface area contributed by atoms with Crippen molar-refractivity contribution in [3.63, 3.8) is 0 Å². The predicted octanol–water partition coefficient (Wildman–Crippen LogP) is 3.11. The van der Waals surface area contributed by atoms with Gasteiger partial charge in [-0.2, -0.15) is 0 Å². The van der Waals surface area contributed by atoms with Gasteiger partial charge in [0.05, 0.1) is 26.9 Å². The first-order valence-corrected chi connectivity index (χ1v) is 6.15. The van der Waals surface area contributed by atoms with E-state index in [1.165, 1.54) is 0 Å². The van der Waals surface area contributed by atoms with Gasteiger partial charge in [-0.15, -0.1) is 0 Å². The van der Waals surface area contributed by atoms with E-state index in [9.17, 15) is 0 Å². The van der Waals surface area contributed by atoms with E-state index in [2.05, 4.69) is 11.8 Å². The Morgan fingerprint density at radius 1 is 0.700 bits per heavy atom. The Labute approximate surface area is 119 Å². The lowest BCUT2D eigenvalue weighted by Gasteiger charge is -2.06. The van der Waals surface area contributed by atoms with Crippen molar-refractivity contribution >= 4 is 0 Å². The van der Waals surface area contributed by atoms with E-state index in [1.54, 1.807) is 21.3 Å². The summed E-state index contributed by atoms with van der Waals surface area (Å²) in [4.78, 5) is 0. The summed E-state index contributed by atoms with van der Waals surface area (Å²) >= 11 is 0. The second-order valence-electron chi connectivity index (χ2n) is 4.02. The summed E-state index contributed by atoms with van der Waals surface area (Å²) in [6.07, 6.45) is 0. The summed E-state index contributed by atoms with van der Waals surface area (Å²) in [5, 5.41) is 0. The van der Waals surface area contributed by atoms with Crippen LogP contribution in [-0.4, -0.2) is 21.3 Å². The molecule has 0 atom stereocenters. The third-order valence-electron chi connectivity index (χ3n) is 2.83. The van der Waals surface area contributed by atoms with Gasteiger partial charge in [0.25, 0.3) is 0 Å². The van der Waals surface area contributed by atoms with Crippen molar-refractivity contribution in [2.24, 2.45) is 0 Å². The van der Waals surface area contributed by atoms with E-state index < -0.39 is 0 Å². The zero-order chi connectivity index (χ0) is 14.4. The summed E-state index contributed by atoms with van der Waals surface area (Å²) in [5.41, 5.74) is 1.71. The normalized spacial score (nSPS) is 9.35. The van der Waals surface area contributed by atoms with Gasteiger partial charge in [-0.05, 0) is 30.3 Å². The molecule has 0 N–H and O–H groups in total. The zero-order valence-electron chi connectivity index (χ0n) is 11.8. The molecule has 0 aromatic heterocycles. The molecular weight excluding hydrogens is 252 g/mol. The van der Waals surface area contributed by atoms with Crippen molar-refractivity contribution in [3.05, 3.63) is 53.6 Å². The SMILES string of the molecule is COc1ccccc1C#Cc1ccc(OC)c(OC)c1. The topological polar surface area (TPSA) is 27.7 Å². The second kappa shape index (κ2) is 6.53. The van der Waals surface area contributed by atoms with Gasteiger partial charge in [0.15, 0.2) is 11.5 Å². The van der Waals surface area contributed by atoms with Gasteiger partial charge in [-0.1, -0.05) is 24.0 Å². The lowest BCUT2D eigenvalue weighted by molar-refractivity contribution is 0.355. The van der Waals surface area contributed by atoms with Crippen LogP contribution in [0.25, 0.3) is 0 Å². The van der Waals surface area contributed by atoms with E-state index >= 15 is 0 Å². The van der Waals surface area contributed by atoms with Crippen LogP contribution in [0, 0.1) is 11.8 Å². The van der Waals surface area contributed by atoms with Crippen LogP contribution in [0.4, 0.5) is 0 Å². The maximum Gasteiger partial charge on any atom is 0.161 e. The highest BCUT2D eigenvalue weighted by Crippen LogP contribution is 2.27. The molecule has 0 saturated heterocycles. The summed E-state index contributed by atoms with van der Waals surface area (Å²) in [7, 11) is 4.85. The Balaban J connectivity index is 2.33. The maximum absolute atomic E-state index is 5.27. The van der Waals surface area contributed by atoms with Crippen LogP contribution in [0.15, 0.2) is 42.5 Å². The van der Waals surface area contributed by atoms with Crippen molar-refractivity contribution in [1.82, 2.24) is 0 Å². The molecule has 0 unspecified atom stereocenters. The van der Waals surface area contributed by atoms with Crippen LogP contribution in [0.2, 0.25) is 0 Å². The van der Waals surface area contributed by atoms with E-state index in [0.29, 0.717) is 11.5 Å². The van der Waals surface area contributed by atoms with Crippen molar-refractivity contribution < 1.29 is 14.2 Å². The molecule has 3 nitrogen and oxygen atoms in total. The number of hydrogen-bond donors (Lipinski definition) is 0. The van der Waals surface area contributed by atoms with Gasteiger partial charge >= 0.3 is 0 Å². The molecule has 0 spiro atoms. The van der Waals surface area contributed by atoms with Crippen LogP contribution >= 0.6 is 0 Å². The van der Waals surface area contributed by atoms with Crippen LogP contribution in [0.5, 0.6) is 17.2 Å². The zero-order valence-corrected chi connectivity index (χ0v) is 11.8. The highest BCUT2D eigenvalue weighted by atomic mass is 16.5. The molecule has 20 heavy (non-hydrogen) atoms. The van der Waals surface area contributed by atoms with Crippen molar-refractivity contribution in [2.75, 3.05) is 21.3 Å². The molecule has 2 aromatic carbocycles. The highest BCUT2D eigenvalue weighted by Gasteiger charge is 2.03. The second-order valence-corrected chi connectivity index (χ2v) is 4.02. The Hall–Kier alpha value is -2.60. The molecule has 2 aromatic rings. The average Bonchev–Trinajstić information content (AvgIpc) is 2.52. The van der Waals surface area contributed by atoms with E-state index in [4.69, 9.17) is 14.2 Å². The van der Waals surface area contributed by atoms with Crippen LogP contribution in [0.1, 0.15) is 11.1 Å². The largest absolute Gasteiger partial charge is 0.495 e. The quantitative estimate of drug-likeness (QED) is 0.800. The van der Waals surface area contributed by atoms with Gasteiger partial charge in [0, 0.05) is 5.56 Å². The molecule has 0 aliphatic rings. The number of benzene rings is 2. The van der Waals surface area contributed by atoms with Gasteiger partial charge in [-0.3, -0.25) is 0 Å². The lowest BCUT2D eigenvalue weighted by atomic mass is 10.1. The molecule has 0 aliphatic carbocycles. The smallest absolute Gasteiger partial charge is 0.161 e. The van der Waals surface area contributed by atoms with Gasteiger partial charge in [-0.25, -0.2) is 0 Å². The van der Waals surface area contributed by atoms with Gasteiger partial charge in [0.1, 0.15) is 5.75 Å². The number of methoxy groups -OCH3 is 3. The molecule has 3 heteroatoms. The first-order chi connectivity index (χ1) is 9.78. The Morgan fingerprint density at radius 2 is 1.40 bits per heavy atom. The number of para-hydroxylation sites is 1. The van der Waals surface area contributed by atoms with Crippen LogP contribution in [0.3, 0.4) is 0 Å². The molecule has 0 bridgehead atoms. The van der Waals surface area contributed by atoms with Crippen molar-refractivity contribution in [3.8, 4) is 29.1 Å². The molecule has 0 fully saturated rings. The molecule has 0 amide bonds. The summed E-state index contributed by atoms with van der Waals surface area (Å²) in [6, 6.07) is 13.2.